The van der Waals surface area contributed by atoms with Gasteiger partial charge in [0, 0.05) is 50.6 Å². The molecule has 2 aromatic rings. The summed E-state index contributed by atoms with van der Waals surface area (Å²) in [6.45, 7) is 7.79. The summed E-state index contributed by atoms with van der Waals surface area (Å²) in [7, 11) is 0. The van der Waals surface area contributed by atoms with Gasteiger partial charge in [0.1, 0.15) is 6.61 Å². The third-order valence-electron chi connectivity index (χ3n) is 5.83. The largest absolute Gasteiger partial charge is 0.447 e. The van der Waals surface area contributed by atoms with E-state index in [1.165, 1.54) is 5.56 Å². The van der Waals surface area contributed by atoms with Crippen LogP contribution in [-0.4, -0.2) is 74.3 Å². The fourth-order valence-corrected chi connectivity index (χ4v) is 4.07. The molecular formula is C24H31N5O3. The van der Waals surface area contributed by atoms with Gasteiger partial charge in [0.05, 0.1) is 6.54 Å². The summed E-state index contributed by atoms with van der Waals surface area (Å²) in [5, 5.41) is 5.76. The lowest BCUT2D eigenvalue weighted by atomic mass is 10.2. The van der Waals surface area contributed by atoms with Crippen LogP contribution >= 0.6 is 0 Å². The number of hydrogen-bond acceptors (Lipinski definition) is 5. The van der Waals surface area contributed by atoms with Crippen molar-refractivity contribution in [1.82, 2.24) is 15.1 Å². The molecule has 2 fully saturated rings. The van der Waals surface area contributed by atoms with E-state index in [1.807, 2.05) is 12.1 Å². The Morgan fingerprint density at radius 2 is 1.72 bits per heavy atom. The maximum Gasteiger partial charge on any atom is 0.414 e. The molecule has 0 bridgehead atoms. The zero-order valence-electron chi connectivity index (χ0n) is 18.3. The first kappa shape index (κ1) is 22.1. The number of nitrogens with zero attached hydrogens (tertiary/aromatic N) is 3. The molecule has 2 aliphatic heterocycles. The predicted octanol–water partition coefficient (Wildman–Crippen LogP) is 2.97. The first-order chi connectivity index (χ1) is 15.7. The molecule has 0 aliphatic carbocycles. The summed E-state index contributed by atoms with van der Waals surface area (Å²) in [6, 6.07) is 17.6. The van der Waals surface area contributed by atoms with Crippen molar-refractivity contribution in [3.63, 3.8) is 0 Å². The van der Waals surface area contributed by atoms with E-state index in [9.17, 15) is 9.59 Å². The number of rotatable bonds is 8. The highest BCUT2D eigenvalue weighted by molar-refractivity contribution is 5.93. The number of hydrogen-bond donors (Lipinski definition) is 2. The Hall–Kier alpha value is -3.10. The van der Waals surface area contributed by atoms with Crippen molar-refractivity contribution in [2.75, 3.05) is 62.6 Å². The van der Waals surface area contributed by atoms with Gasteiger partial charge in [0.2, 0.25) is 0 Å². The van der Waals surface area contributed by atoms with E-state index in [0.717, 1.165) is 51.4 Å². The average Bonchev–Trinajstić information content (AvgIpc) is 3.24. The van der Waals surface area contributed by atoms with Crippen LogP contribution in [0, 0.1) is 0 Å². The zero-order valence-corrected chi connectivity index (χ0v) is 18.3. The number of piperazine rings is 1. The molecule has 4 rings (SSSR count). The Balaban J connectivity index is 1.12. The molecule has 2 heterocycles. The third-order valence-corrected chi connectivity index (χ3v) is 5.83. The van der Waals surface area contributed by atoms with E-state index in [-0.39, 0.29) is 12.1 Å². The van der Waals surface area contributed by atoms with Gasteiger partial charge in [-0.25, -0.2) is 9.59 Å². The van der Waals surface area contributed by atoms with Crippen LogP contribution in [-0.2, 0) is 11.3 Å². The molecule has 8 heteroatoms. The Kier molecular flexibility index (Phi) is 7.58. The maximum atomic E-state index is 12.2. The average molecular weight is 438 g/mol. The van der Waals surface area contributed by atoms with Gasteiger partial charge >= 0.3 is 12.1 Å². The van der Waals surface area contributed by atoms with E-state index in [4.69, 9.17) is 4.74 Å². The summed E-state index contributed by atoms with van der Waals surface area (Å²) in [4.78, 5) is 30.4. The molecule has 0 saturated carbocycles. The number of anilines is 2. The second kappa shape index (κ2) is 11.0. The SMILES string of the molecule is O=C(NCCCN1CCN(Cc2ccccc2)CC1)Nc1cccc(N2CCOC2=O)c1. The van der Waals surface area contributed by atoms with E-state index in [0.29, 0.717) is 25.4 Å². The maximum absolute atomic E-state index is 12.2. The van der Waals surface area contributed by atoms with Crippen molar-refractivity contribution in [2.45, 2.75) is 13.0 Å². The van der Waals surface area contributed by atoms with E-state index in [1.54, 1.807) is 17.0 Å². The summed E-state index contributed by atoms with van der Waals surface area (Å²) >= 11 is 0. The molecule has 0 radical (unpaired) electrons. The summed E-state index contributed by atoms with van der Waals surface area (Å²) in [5.74, 6) is 0. The lowest BCUT2D eigenvalue weighted by molar-refractivity contribution is 0.126. The van der Waals surface area contributed by atoms with Crippen molar-refractivity contribution < 1.29 is 14.3 Å². The van der Waals surface area contributed by atoms with Gasteiger partial charge in [-0.3, -0.25) is 9.80 Å². The van der Waals surface area contributed by atoms with Crippen LogP contribution in [0.3, 0.4) is 0 Å². The van der Waals surface area contributed by atoms with Crippen LogP contribution in [0.15, 0.2) is 54.6 Å². The van der Waals surface area contributed by atoms with Crippen molar-refractivity contribution >= 4 is 23.5 Å². The van der Waals surface area contributed by atoms with Crippen molar-refractivity contribution in [3.8, 4) is 0 Å². The molecule has 170 valence electrons. The summed E-state index contributed by atoms with van der Waals surface area (Å²) in [5.41, 5.74) is 2.73. The molecular weight excluding hydrogens is 406 g/mol. The van der Waals surface area contributed by atoms with Crippen LogP contribution in [0.4, 0.5) is 21.0 Å². The Morgan fingerprint density at radius 3 is 2.47 bits per heavy atom. The van der Waals surface area contributed by atoms with Crippen LogP contribution in [0.1, 0.15) is 12.0 Å². The second-order valence-corrected chi connectivity index (χ2v) is 8.15. The van der Waals surface area contributed by atoms with Crippen LogP contribution in [0.25, 0.3) is 0 Å². The fraction of sp³-hybridized carbons (Fsp3) is 0.417. The summed E-state index contributed by atoms with van der Waals surface area (Å²) in [6.07, 6.45) is 0.554. The lowest BCUT2D eigenvalue weighted by Gasteiger charge is -2.34. The molecule has 0 spiro atoms. The number of nitrogens with one attached hydrogen (secondary N) is 2. The zero-order chi connectivity index (χ0) is 22.2. The highest BCUT2D eigenvalue weighted by Gasteiger charge is 2.23. The number of urea groups is 1. The molecule has 2 N–H and O–H groups in total. The van der Waals surface area contributed by atoms with Crippen molar-refractivity contribution in [3.05, 3.63) is 60.2 Å². The lowest BCUT2D eigenvalue weighted by Crippen LogP contribution is -2.46. The molecule has 0 aromatic heterocycles. The third kappa shape index (κ3) is 6.21. The smallest absolute Gasteiger partial charge is 0.414 e. The predicted molar refractivity (Wildman–Crippen MR) is 125 cm³/mol. The summed E-state index contributed by atoms with van der Waals surface area (Å²) < 4.78 is 4.97. The number of cyclic esters (lactones) is 1. The van der Waals surface area contributed by atoms with Crippen LogP contribution in [0.5, 0.6) is 0 Å². The Labute approximate surface area is 189 Å². The molecule has 0 unspecified atom stereocenters. The second-order valence-electron chi connectivity index (χ2n) is 8.15. The van der Waals surface area contributed by atoms with Gasteiger partial charge in [-0.05, 0) is 36.7 Å². The quantitative estimate of drug-likeness (QED) is 0.621. The van der Waals surface area contributed by atoms with Crippen LogP contribution < -0.4 is 15.5 Å². The minimum Gasteiger partial charge on any atom is -0.447 e. The number of carbonyl (C=O) groups is 2. The molecule has 8 nitrogen and oxygen atoms in total. The van der Waals surface area contributed by atoms with E-state index in [2.05, 4.69) is 50.8 Å². The molecule has 32 heavy (non-hydrogen) atoms. The first-order valence-electron chi connectivity index (χ1n) is 11.3. The van der Waals surface area contributed by atoms with Gasteiger partial charge in [-0.1, -0.05) is 36.4 Å². The van der Waals surface area contributed by atoms with Gasteiger partial charge in [-0.2, -0.15) is 0 Å². The minimum atomic E-state index is -0.354. The van der Waals surface area contributed by atoms with E-state index < -0.39 is 0 Å². The molecule has 2 saturated heterocycles. The first-order valence-corrected chi connectivity index (χ1v) is 11.3. The van der Waals surface area contributed by atoms with E-state index >= 15 is 0 Å². The number of benzene rings is 2. The van der Waals surface area contributed by atoms with Gasteiger partial charge in [0.25, 0.3) is 0 Å². The number of carbonyl (C=O) groups excluding carboxylic acids is 2. The standard InChI is InChI=1S/C24H31N5O3/c30-23(26-21-8-4-9-22(18-21)29-16-17-32-24(29)31)25-10-5-11-27-12-14-28(15-13-27)19-20-6-2-1-3-7-20/h1-4,6-9,18H,5,10-17,19H2,(H2,25,26,30). The Bertz CT molecular complexity index is 900. The van der Waals surface area contributed by atoms with Gasteiger partial charge in [-0.15, -0.1) is 0 Å². The van der Waals surface area contributed by atoms with Gasteiger partial charge < -0.3 is 20.3 Å². The molecule has 0 atom stereocenters. The highest BCUT2D eigenvalue weighted by Crippen LogP contribution is 2.22. The van der Waals surface area contributed by atoms with Gasteiger partial charge in [0.15, 0.2) is 0 Å². The van der Waals surface area contributed by atoms with Crippen molar-refractivity contribution in [2.24, 2.45) is 0 Å². The highest BCUT2D eigenvalue weighted by atomic mass is 16.6. The topological polar surface area (TPSA) is 77.2 Å². The van der Waals surface area contributed by atoms with Crippen molar-refractivity contribution in [1.29, 1.82) is 0 Å². The normalized spacial score (nSPS) is 17.2. The number of amides is 3. The molecule has 2 aromatic carbocycles. The van der Waals surface area contributed by atoms with Crippen LogP contribution in [0.2, 0.25) is 0 Å². The fourth-order valence-electron chi connectivity index (χ4n) is 4.07. The Morgan fingerprint density at radius 1 is 0.938 bits per heavy atom. The number of ether oxygens (including phenoxy) is 1. The monoisotopic (exact) mass is 437 g/mol. The minimum absolute atomic E-state index is 0.237. The molecule has 3 amide bonds. The molecule has 2 aliphatic rings.